The third kappa shape index (κ3) is 8.03. The molecule has 7 nitrogen and oxygen atoms in total. The molecule has 4 N–H and O–H groups in total. The summed E-state index contributed by atoms with van der Waals surface area (Å²) in [6.45, 7) is 3.67. The molecule has 34 heavy (non-hydrogen) atoms. The van der Waals surface area contributed by atoms with Crippen LogP contribution in [0.2, 0.25) is 10.0 Å². The molecule has 1 heterocycles. The summed E-state index contributed by atoms with van der Waals surface area (Å²) in [5, 5.41) is 16.7. The van der Waals surface area contributed by atoms with Crippen molar-refractivity contribution >= 4 is 80.7 Å². The van der Waals surface area contributed by atoms with E-state index < -0.39 is 0 Å². The minimum absolute atomic E-state index is 0.349. The van der Waals surface area contributed by atoms with Crippen LogP contribution >= 0.6 is 47.6 Å². The first kappa shape index (κ1) is 25.5. The maximum atomic E-state index is 5.90. The molecule has 3 aromatic rings. The molecule has 0 radical (unpaired) electrons. The van der Waals surface area contributed by atoms with Gasteiger partial charge in [0.1, 0.15) is 0 Å². The Morgan fingerprint density at radius 1 is 0.676 bits per heavy atom. The molecule has 0 spiro atoms. The molecular formula is C23H21Cl2N7S2. The lowest BCUT2D eigenvalue weighted by molar-refractivity contribution is 1.02. The van der Waals surface area contributed by atoms with Gasteiger partial charge < -0.3 is 10.6 Å². The quantitative estimate of drug-likeness (QED) is 0.182. The fourth-order valence-corrected chi connectivity index (χ4v) is 3.19. The van der Waals surface area contributed by atoms with E-state index in [1.165, 1.54) is 0 Å². The number of benzene rings is 2. The van der Waals surface area contributed by atoms with Crippen molar-refractivity contribution in [3.05, 3.63) is 88.2 Å². The second kappa shape index (κ2) is 12.4. The van der Waals surface area contributed by atoms with Crippen molar-refractivity contribution in [3.63, 3.8) is 0 Å². The molecule has 11 heteroatoms. The first-order valence-electron chi connectivity index (χ1n) is 10.0. The maximum Gasteiger partial charge on any atom is 0.191 e. The molecule has 1 aromatic heterocycles. The molecule has 0 saturated carbocycles. The van der Waals surface area contributed by atoms with Gasteiger partial charge in [0.2, 0.25) is 0 Å². The lowest BCUT2D eigenvalue weighted by Crippen LogP contribution is -2.25. The average Bonchev–Trinajstić information content (AvgIpc) is 2.84. The molecule has 0 aliphatic carbocycles. The van der Waals surface area contributed by atoms with Crippen molar-refractivity contribution in [1.29, 1.82) is 0 Å². The predicted octanol–water partition coefficient (Wildman–Crippen LogP) is 5.81. The number of hydrogen-bond acceptors (Lipinski definition) is 5. The Balaban J connectivity index is 1.58. The van der Waals surface area contributed by atoms with Crippen LogP contribution in [-0.2, 0) is 0 Å². The van der Waals surface area contributed by atoms with Crippen molar-refractivity contribution in [2.24, 2.45) is 10.2 Å². The van der Waals surface area contributed by atoms with Crippen molar-refractivity contribution in [3.8, 4) is 0 Å². The molecule has 3 rings (SSSR count). The zero-order valence-electron chi connectivity index (χ0n) is 18.3. The largest absolute Gasteiger partial charge is 0.331 e. The number of rotatable bonds is 6. The summed E-state index contributed by atoms with van der Waals surface area (Å²) in [5.74, 6) is 0. The summed E-state index contributed by atoms with van der Waals surface area (Å²) in [5.41, 5.74) is 9.91. The van der Waals surface area contributed by atoms with E-state index >= 15 is 0 Å². The average molecular weight is 531 g/mol. The smallest absolute Gasteiger partial charge is 0.191 e. The normalized spacial score (nSPS) is 11.5. The van der Waals surface area contributed by atoms with E-state index in [1.807, 2.05) is 56.3 Å². The highest BCUT2D eigenvalue weighted by Crippen LogP contribution is 2.14. The van der Waals surface area contributed by atoms with Gasteiger partial charge in [0.15, 0.2) is 10.2 Å². The van der Waals surface area contributed by atoms with Gasteiger partial charge in [0.25, 0.3) is 0 Å². The number of aromatic nitrogens is 1. The van der Waals surface area contributed by atoms with Crippen LogP contribution in [0.3, 0.4) is 0 Å². The number of nitrogens with zero attached hydrogens (tertiary/aromatic N) is 3. The highest BCUT2D eigenvalue weighted by molar-refractivity contribution is 7.80. The molecule has 0 atom stereocenters. The van der Waals surface area contributed by atoms with Crippen molar-refractivity contribution < 1.29 is 0 Å². The zero-order valence-corrected chi connectivity index (χ0v) is 21.4. The Kier molecular flexibility index (Phi) is 9.29. The Bertz CT molecular complexity index is 1130. The van der Waals surface area contributed by atoms with Gasteiger partial charge >= 0.3 is 0 Å². The Hall–Kier alpha value is -3.11. The summed E-state index contributed by atoms with van der Waals surface area (Å²) in [7, 11) is 0. The Labute approximate surface area is 218 Å². The Morgan fingerprint density at radius 3 is 1.44 bits per heavy atom. The SMILES string of the molecule is C/C(=N/NC(=S)Nc1ccc(Cl)cc1)c1cccc(/C(C)=N\NC(=S)Nc2ccc(Cl)cc2)n1. The number of thiocarbonyl (C=S) groups is 2. The van der Waals surface area contributed by atoms with Crippen LogP contribution < -0.4 is 21.5 Å². The van der Waals surface area contributed by atoms with Gasteiger partial charge in [-0.05, 0) is 98.9 Å². The number of hydrogen-bond donors (Lipinski definition) is 4. The summed E-state index contributed by atoms with van der Waals surface area (Å²) < 4.78 is 0. The van der Waals surface area contributed by atoms with E-state index in [0.717, 1.165) is 11.4 Å². The molecule has 0 aliphatic heterocycles. The number of halogens is 2. The van der Waals surface area contributed by atoms with Crippen LogP contribution in [0, 0.1) is 0 Å². The van der Waals surface area contributed by atoms with Crippen molar-refractivity contribution in [2.75, 3.05) is 10.6 Å². The van der Waals surface area contributed by atoms with Crippen LogP contribution in [0.4, 0.5) is 11.4 Å². The lowest BCUT2D eigenvalue weighted by Gasteiger charge is -2.09. The predicted molar refractivity (Wildman–Crippen MR) is 150 cm³/mol. The van der Waals surface area contributed by atoms with Crippen LogP contribution in [-0.4, -0.2) is 26.6 Å². The second-order valence-electron chi connectivity index (χ2n) is 6.95. The standard InChI is InChI=1S/C23H21Cl2N7S2/c1-14(29-31-22(33)26-18-10-6-16(24)7-11-18)20-4-3-5-21(28-20)15(2)30-32-23(34)27-19-12-8-17(25)9-13-19/h3-13H,1-2H3,(H2,26,31,33)(H2,27,32,34)/b29-14-,30-15-. The highest BCUT2D eigenvalue weighted by atomic mass is 35.5. The topological polar surface area (TPSA) is 85.7 Å². The summed E-state index contributed by atoms with van der Waals surface area (Å²) in [6.07, 6.45) is 0. The summed E-state index contributed by atoms with van der Waals surface area (Å²) in [4.78, 5) is 4.62. The molecule has 174 valence electrons. The first-order valence-corrected chi connectivity index (χ1v) is 11.6. The first-order chi connectivity index (χ1) is 16.3. The number of pyridine rings is 1. The van der Waals surface area contributed by atoms with Gasteiger partial charge in [-0.2, -0.15) is 10.2 Å². The van der Waals surface area contributed by atoms with Crippen LogP contribution in [0.5, 0.6) is 0 Å². The summed E-state index contributed by atoms with van der Waals surface area (Å²) in [6, 6.07) is 20.0. The van der Waals surface area contributed by atoms with E-state index in [-0.39, 0.29) is 0 Å². The molecule has 0 unspecified atom stereocenters. The van der Waals surface area contributed by atoms with Crippen LogP contribution in [0.25, 0.3) is 0 Å². The number of hydrazone groups is 2. The van der Waals surface area contributed by atoms with Gasteiger partial charge in [-0.15, -0.1) is 0 Å². The van der Waals surface area contributed by atoms with Gasteiger partial charge in [0.05, 0.1) is 22.8 Å². The molecule has 0 amide bonds. The molecule has 0 aliphatic rings. The Morgan fingerprint density at radius 2 is 1.06 bits per heavy atom. The minimum atomic E-state index is 0.349. The van der Waals surface area contributed by atoms with E-state index in [1.54, 1.807) is 24.3 Å². The fraction of sp³-hybridized carbons (Fsp3) is 0.0870. The van der Waals surface area contributed by atoms with Gasteiger partial charge in [0, 0.05) is 21.4 Å². The zero-order chi connectivity index (χ0) is 24.5. The molecule has 0 saturated heterocycles. The molecule has 0 fully saturated rings. The monoisotopic (exact) mass is 529 g/mol. The van der Waals surface area contributed by atoms with Crippen molar-refractivity contribution in [2.45, 2.75) is 13.8 Å². The number of anilines is 2. The highest BCUT2D eigenvalue weighted by Gasteiger charge is 2.06. The van der Waals surface area contributed by atoms with E-state index in [4.69, 9.17) is 47.6 Å². The van der Waals surface area contributed by atoms with Gasteiger partial charge in [-0.25, -0.2) is 4.98 Å². The van der Waals surface area contributed by atoms with Gasteiger partial charge in [-0.3, -0.25) is 10.9 Å². The van der Waals surface area contributed by atoms with Crippen molar-refractivity contribution in [1.82, 2.24) is 15.8 Å². The van der Waals surface area contributed by atoms with E-state index in [0.29, 0.717) is 43.1 Å². The van der Waals surface area contributed by atoms with Crippen LogP contribution in [0.15, 0.2) is 76.9 Å². The fourth-order valence-electron chi connectivity index (χ4n) is 2.61. The molecule has 0 bridgehead atoms. The second-order valence-corrected chi connectivity index (χ2v) is 8.64. The van der Waals surface area contributed by atoms with E-state index in [2.05, 4.69) is 36.7 Å². The molecule has 2 aromatic carbocycles. The summed E-state index contributed by atoms with van der Waals surface area (Å²) >= 11 is 22.4. The number of nitrogens with one attached hydrogen (secondary N) is 4. The molecular weight excluding hydrogens is 509 g/mol. The maximum absolute atomic E-state index is 5.90. The van der Waals surface area contributed by atoms with Crippen LogP contribution in [0.1, 0.15) is 25.2 Å². The van der Waals surface area contributed by atoms with Gasteiger partial charge in [-0.1, -0.05) is 29.3 Å². The van der Waals surface area contributed by atoms with E-state index in [9.17, 15) is 0 Å². The third-order valence-electron chi connectivity index (χ3n) is 4.34. The third-order valence-corrected chi connectivity index (χ3v) is 5.24. The lowest BCUT2D eigenvalue weighted by atomic mass is 10.2. The minimum Gasteiger partial charge on any atom is -0.331 e.